The number of amides is 1. The number of nitrogens with zero attached hydrogens (tertiary/aromatic N) is 8. The van der Waals surface area contributed by atoms with Crippen LogP contribution in [0.3, 0.4) is 0 Å². The fourth-order valence-corrected chi connectivity index (χ4v) is 4.84. The van der Waals surface area contributed by atoms with E-state index in [2.05, 4.69) is 25.6 Å². The highest BCUT2D eigenvalue weighted by Gasteiger charge is 2.32. The van der Waals surface area contributed by atoms with Crippen LogP contribution in [-0.2, 0) is 31.4 Å². The van der Waals surface area contributed by atoms with E-state index in [-0.39, 0.29) is 36.1 Å². The fraction of sp³-hybridized carbons (Fsp3) is 0.371. The van der Waals surface area contributed by atoms with Crippen LogP contribution in [0.2, 0.25) is 0 Å². The van der Waals surface area contributed by atoms with E-state index in [4.69, 9.17) is 20.4 Å². The van der Waals surface area contributed by atoms with Crippen molar-refractivity contribution in [3.05, 3.63) is 83.5 Å². The molecule has 2 saturated heterocycles. The molecule has 2 aromatic carbocycles. The molecule has 2 aromatic heterocycles. The van der Waals surface area contributed by atoms with Gasteiger partial charge in [0.2, 0.25) is 0 Å². The molecule has 2 aliphatic heterocycles. The molecular formula is C35H42F6N10O5. The third kappa shape index (κ3) is 14.6. The number of morpholine rings is 2. The number of benzene rings is 2. The van der Waals surface area contributed by atoms with E-state index < -0.39 is 29.4 Å². The highest BCUT2D eigenvalue weighted by molar-refractivity contribution is 5.89. The van der Waals surface area contributed by atoms with Gasteiger partial charge in [-0.05, 0) is 61.4 Å². The molecule has 21 heteroatoms. The maximum atomic E-state index is 13.0. The van der Waals surface area contributed by atoms with Crippen LogP contribution in [0.5, 0.6) is 0 Å². The summed E-state index contributed by atoms with van der Waals surface area (Å²) in [5, 5.41) is 20.0. The predicted octanol–water partition coefficient (Wildman–Crippen LogP) is 4.76. The second-order valence-electron chi connectivity index (χ2n) is 12.0. The summed E-state index contributed by atoms with van der Waals surface area (Å²) in [4.78, 5) is 30.2. The van der Waals surface area contributed by atoms with E-state index in [1.165, 1.54) is 35.7 Å². The van der Waals surface area contributed by atoms with E-state index in [1.54, 1.807) is 29.9 Å². The van der Waals surface area contributed by atoms with Crippen LogP contribution >= 0.6 is 0 Å². The number of carbonyl (C=O) groups excluding carboxylic acids is 1. The molecule has 56 heavy (non-hydrogen) atoms. The van der Waals surface area contributed by atoms with Gasteiger partial charge in [-0.15, -0.1) is 10.2 Å². The van der Waals surface area contributed by atoms with Crippen molar-refractivity contribution in [2.24, 2.45) is 5.84 Å². The minimum atomic E-state index is -4.45. The Morgan fingerprint density at radius 3 is 1.55 bits per heavy atom. The Labute approximate surface area is 318 Å². The molecule has 2 aliphatic rings. The molecule has 0 aliphatic carbocycles. The molecule has 0 saturated carbocycles. The van der Waals surface area contributed by atoms with Crippen molar-refractivity contribution in [2.75, 3.05) is 52.6 Å². The molecule has 0 unspecified atom stereocenters. The van der Waals surface area contributed by atoms with Gasteiger partial charge in [0.05, 0.1) is 37.6 Å². The maximum absolute atomic E-state index is 13.0. The molecule has 4 heterocycles. The van der Waals surface area contributed by atoms with Gasteiger partial charge < -0.3 is 14.6 Å². The quantitative estimate of drug-likeness (QED) is 0.133. The zero-order valence-electron chi connectivity index (χ0n) is 29.6. The minimum Gasteiger partial charge on any atom is -0.478 e. The van der Waals surface area contributed by atoms with Crippen molar-refractivity contribution in [2.45, 2.75) is 33.6 Å². The summed E-state index contributed by atoms with van der Waals surface area (Å²) in [5.74, 6) is 4.10. The van der Waals surface area contributed by atoms with Gasteiger partial charge in [0.25, 0.3) is 5.91 Å². The molecule has 4 aromatic rings. The van der Waals surface area contributed by atoms with Crippen LogP contribution < -0.4 is 11.3 Å². The molecule has 0 bridgehead atoms. The van der Waals surface area contributed by atoms with Gasteiger partial charge in [0, 0.05) is 61.9 Å². The number of nitrogens with two attached hydrogens (primary N) is 1. The lowest BCUT2D eigenvalue weighted by atomic mass is 10.1. The Morgan fingerprint density at radius 1 is 0.732 bits per heavy atom. The van der Waals surface area contributed by atoms with Gasteiger partial charge in [-0.3, -0.25) is 16.1 Å². The Hall–Kier alpha value is -5.48. The largest absolute Gasteiger partial charge is 0.478 e. The number of aryl methyl sites for hydroxylation is 2. The van der Waals surface area contributed by atoms with Gasteiger partial charge in [-0.1, -0.05) is 7.43 Å². The summed E-state index contributed by atoms with van der Waals surface area (Å²) < 4.78 is 89.7. The Morgan fingerprint density at radius 2 is 1.16 bits per heavy atom. The number of hydrogen-bond acceptors (Lipinski definition) is 11. The number of hydrazine groups is 2. The normalized spacial score (nSPS) is 15.4. The van der Waals surface area contributed by atoms with E-state index in [9.17, 15) is 35.9 Å². The standard InChI is InChI=1S/C17H18F3N5O2.C13H10F3N3O2.C4H10N2O.CH4/c1-12-8-13(10-14(9-12)17(18,19)20)16-21-11-25(23-16)3-2-15(26)22-24-4-6-27-7-5-24;1-8-4-9(6-10(5-8)13(14,15)16)12-17-7-19(18-12)3-2-11(20)21;5-6-1-3-7-4-2-6;/h2-3,8-11H,4-7H2,1H3,(H,22,26);2-7H,1H3,(H,20,21);1-5H2;1H4/b2*3-2-;;. The maximum Gasteiger partial charge on any atom is 0.416 e. The zero-order valence-corrected chi connectivity index (χ0v) is 29.6. The first-order chi connectivity index (χ1) is 26.0. The van der Waals surface area contributed by atoms with Crippen LogP contribution in [-0.4, -0.2) is 109 Å². The highest BCUT2D eigenvalue weighted by Crippen LogP contribution is 2.33. The first-order valence-corrected chi connectivity index (χ1v) is 16.5. The van der Waals surface area contributed by atoms with Gasteiger partial charge in [0.15, 0.2) is 11.6 Å². The molecule has 6 rings (SSSR count). The topological polar surface area (TPSA) is 179 Å². The monoisotopic (exact) mass is 796 g/mol. The van der Waals surface area contributed by atoms with Gasteiger partial charge >= 0.3 is 18.3 Å². The lowest BCUT2D eigenvalue weighted by Gasteiger charge is -2.26. The number of hydrogen-bond donors (Lipinski definition) is 3. The molecular weight excluding hydrogens is 754 g/mol. The number of rotatable bonds is 7. The summed E-state index contributed by atoms with van der Waals surface area (Å²) in [6.45, 7) is 8.74. The van der Waals surface area contributed by atoms with Crippen LogP contribution in [0.15, 0.2) is 61.2 Å². The fourth-order valence-electron chi connectivity index (χ4n) is 4.84. The number of carboxylic acid groups (broad SMARTS) is 1. The molecule has 1 amide bonds. The second-order valence-corrected chi connectivity index (χ2v) is 12.0. The van der Waals surface area contributed by atoms with Crippen LogP contribution in [0.4, 0.5) is 26.3 Å². The van der Waals surface area contributed by atoms with Crippen molar-refractivity contribution in [1.82, 2.24) is 45.0 Å². The van der Waals surface area contributed by atoms with Crippen LogP contribution in [0.1, 0.15) is 29.7 Å². The SMILES string of the molecule is C.Cc1cc(-c2ncn(/C=C\C(=O)NN3CCOCC3)n2)cc(C(F)(F)F)c1.Cc1cc(-c2ncn(/C=C\C(=O)O)n2)cc(C(F)(F)F)c1.NN1CCOCC1. The number of aromatic nitrogens is 6. The van der Waals surface area contributed by atoms with E-state index in [0.29, 0.717) is 37.4 Å². The number of alkyl halides is 6. The number of ether oxygens (including phenoxy) is 2. The van der Waals surface area contributed by atoms with E-state index in [1.807, 2.05) is 0 Å². The molecule has 2 fully saturated rings. The molecule has 304 valence electrons. The summed E-state index contributed by atoms with van der Waals surface area (Å²) in [6.07, 6.45) is -1.73. The number of halogens is 6. The zero-order chi connectivity index (χ0) is 40.2. The number of carboxylic acids is 1. The smallest absolute Gasteiger partial charge is 0.416 e. The first kappa shape index (κ1) is 44.9. The average molecular weight is 797 g/mol. The van der Waals surface area contributed by atoms with Crippen molar-refractivity contribution >= 4 is 24.3 Å². The molecule has 0 radical (unpaired) electrons. The van der Waals surface area contributed by atoms with Crippen LogP contribution in [0.25, 0.3) is 35.2 Å². The van der Waals surface area contributed by atoms with E-state index >= 15 is 0 Å². The highest BCUT2D eigenvalue weighted by atomic mass is 19.4. The summed E-state index contributed by atoms with van der Waals surface area (Å²) in [6, 6.07) is 7.15. The Balaban J connectivity index is 0.000000257. The summed E-state index contributed by atoms with van der Waals surface area (Å²) >= 11 is 0. The van der Waals surface area contributed by atoms with Crippen LogP contribution in [0, 0.1) is 13.8 Å². The summed E-state index contributed by atoms with van der Waals surface area (Å²) in [7, 11) is 0. The Kier molecular flexibility index (Phi) is 16.4. The van der Waals surface area contributed by atoms with Gasteiger partial charge in [-0.2, -0.15) is 26.3 Å². The van der Waals surface area contributed by atoms with Crippen molar-refractivity contribution in [3.63, 3.8) is 0 Å². The minimum absolute atomic E-state index is 0. The van der Waals surface area contributed by atoms with Crippen molar-refractivity contribution in [3.8, 4) is 22.8 Å². The first-order valence-electron chi connectivity index (χ1n) is 16.5. The second kappa shape index (κ2) is 20.4. The predicted molar refractivity (Wildman–Crippen MR) is 193 cm³/mol. The molecule has 0 atom stereocenters. The third-order valence-corrected chi connectivity index (χ3v) is 7.42. The average Bonchev–Trinajstić information content (AvgIpc) is 3.81. The van der Waals surface area contributed by atoms with Gasteiger partial charge in [-0.25, -0.2) is 34.1 Å². The molecule has 4 N–H and O–H groups in total. The lowest BCUT2D eigenvalue weighted by molar-refractivity contribution is -0.138. The molecule has 0 spiro atoms. The number of carbonyl (C=O) groups is 2. The van der Waals surface area contributed by atoms with Crippen molar-refractivity contribution < 1.29 is 50.5 Å². The van der Waals surface area contributed by atoms with Gasteiger partial charge in [0.1, 0.15) is 12.7 Å². The van der Waals surface area contributed by atoms with E-state index in [0.717, 1.165) is 67.5 Å². The number of aliphatic carboxylic acids is 1. The lowest BCUT2D eigenvalue weighted by Crippen LogP contribution is -2.47. The number of nitrogens with one attached hydrogen (secondary N) is 1. The molecule has 15 nitrogen and oxygen atoms in total. The van der Waals surface area contributed by atoms with Crippen molar-refractivity contribution in [1.29, 1.82) is 0 Å². The third-order valence-electron chi connectivity index (χ3n) is 7.42. The Bertz CT molecular complexity index is 1950. The summed E-state index contributed by atoms with van der Waals surface area (Å²) in [5.41, 5.74) is 2.52.